The number of hydrogen-bond donors (Lipinski definition) is 2. The number of carbonyl (C=O) groups is 1. The number of carboxylic acid groups (broad SMARTS) is 1. The maximum Gasteiger partial charge on any atom is 0.319 e. The number of hydrogen-bond acceptors (Lipinski definition) is 8. The zero-order chi connectivity index (χ0) is 31.6. The van der Waals surface area contributed by atoms with Crippen LogP contribution in [0.15, 0.2) is 30.5 Å². The smallest absolute Gasteiger partial charge is 0.319 e. The Morgan fingerprint density at radius 3 is 2.76 bits per heavy atom. The van der Waals surface area contributed by atoms with Gasteiger partial charge in [-0.3, -0.25) is 14.7 Å². The molecule has 2 aromatic heterocycles. The van der Waals surface area contributed by atoms with Gasteiger partial charge in [-0.2, -0.15) is 9.97 Å². The van der Waals surface area contributed by atoms with Gasteiger partial charge in [-0.25, -0.2) is 13.2 Å². The van der Waals surface area contributed by atoms with Crippen LogP contribution in [0, 0.1) is 23.5 Å². The summed E-state index contributed by atoms with van der Waals surface area (Å²) in [5, 5.41) is 21.5. The summed E-state index contributed by atoms with van der Waals surface area (Å²) in [6.07, 6.45) is 2.82. The van der Waals surface area contributed by atoms with Crippen LogP contribution < -0.4 is 9.64 Å². The molecule has 9 nitrogen and oxygen atoms in total. The van der Waals surface area contributed by atoms with E-state index in [4.69, 9.17) is 4.74 Å². The van der Waals surface area contributed by atoms with Crippen molar-refractivity contribution < 1.29 is 32.9 Å². The normalized spacial score (nSPS) is 25.0. The van der Waals surface area contributed by atoms with Crippen molar-refractivity contribution >= 4 is 33.5 Å². The van der Waals surface area contributed by atoms with E-state index in [9.17, 15) is 23.8 Å². The van der Waals surface area contributed by atoms with E-state index in [1.165, 1.54) is 30.5 Å². The first-order valence-corrected chi connectivity index (χ1v) is 15.4. The van der Waals surface area contributed by atoms with Crippen LogP contribution in [-0.4, -0.2) is 80.5 Å². The summed E-state index contributed by atoms with van der Waals surface area (Å²) in [6.45, 7) is 5.41. The van der Waals surface area contributed by atoms with Crippen LogP contribution in [0.2, 0.25) is 0 Å². The minimum atomic E-state index is -0.956. The zero-order valence-electron chi connectivity index (χ0n) is 25.1. The lowest BCUT2D eigenvalue weighted by Gasteiger charge is -2.31. The van der Waals surface area contributed by atoms with Crippen LogP contribution in [0.25, 0.3) is 32.9 Å². The summed E-state index contributed by atoms with van der Waals surface area (Å²) < 4.78 is 52.2. The highest BCUT2D eigenvalue weighted by Gasteiger charge is 2.49. The first-order valence-electron chi connectivity index (χ1n) is 15.4. The van der Waals surface area contributed by atoms with Crippen molar-refractivity contribution in [2.75, 3.05) is 37.7 Å². The van der Waals surface area contributed by atoms with Crippen molar-refractivity contribution in [1.29, 1.82) is 0 Å². The molecule has 236 valence electrons. The second-order valence-corrected chi connectivity index (χ2v) is 12.7. The minimum absolute atomic E-state index is 0.104. The summed E-state index contributed by atoms with van der Waals surface area (Å²) in [5.74, 6) is -2.87. The fourth-order valence-corrected chi connectivity index (χ4v) is 7.66. The summed E-state index contributed by atoms with van der Waals surface area (Å²) in [4.78, 5) is 29.4. The number of anilines is 1. The van der Waals surface area contributed by atoms with Crippen LogP contribution in [0.5, 0.6) is 11.8 Å². The van der Waals surface area contributed by atoms with Crippen molar-refractivity contribution in [3.63, 3.8) is 0 Å². The highest BCUT2D eigenvalue weighted by atomic mass is 19.1. The van der Waals surface area contributed by atoms with Crippen molar-refractivity contribution in [1.82, 2.24) is 19.9 Å². The molecule has 0 bridgehead atoms. The number of ether oxygens (including phenoxy) is 1. The Morgan fingerprint density at radius 2 is 2.00 bits per heavy atom. The van der Waals surface area contributed by atoms with E-state index in [0.717, 1.165) is 19.4 Å². The van der Waals surface area contributed by atoms with E-state index in [2.05, 4.69) is 19.9 Å². The number of aliphatic carboxylic acids is 1. The van der Waals surface area contributed by atoms with E-state index >= 15 is 4.39 Å². The van der Waals surface area contributed by atoms with E-state index in [0.29, 0.717) is 48.1 Å². The average molecular weight is 622 g/mol. The van der Waals surface area contributed by atoms with Gasteiger partial charge in [-0.1, -0.05) is 19.9 Å². The number of rotatable bonds is 7. The van der Waals surface area contributed by atoms with Crippen LogP contribution in [0.4, 0.5) is 19.0 Å². The Balaban J connectivity index is 1.38. The maximum absolute atomic E-state index is 16.7. The molecule has 4 atom stereocenters. The lowest BCUT2D eigenvalue weighted by Crippen LogP contribution is -2.43. The van der Waals surface area contributed by atoms with Gasteiger partial charge in [0, 0.05) is 37.8 Å². The van der Waals surface area contributed by atoms with Gasteiger partial charge < -0.3 is 19.8 Å². The number of pyridine rings is 1. The highest BCUT2D eigenvalue weighted by Crippen LogP contribution is 2.42. The Kier molecular flexibility index (Phi) is 7.22. The predicted octanol–water partition coefficient (Wildman–Crippen LogP) is 5.50. The van der Waals surface area contributed by atoms with Crippen molar-refractivity contribution in [2.24, 2.45) is 11.8 Å². The van der Waals surface area contributed by atoms with Crippen molar-refractivity contribution in [3.8, 4) is 23.0 Å². The van der Waals surface area contributed by atoms with Crippen molar-refractivity contribution in [2.45, 2.75) is 51.2 Å². The van der Waals surface area contributed by atoms with Gasteiger partial charge in [0.1, 0.15) is 41.4 Å². The standard InChI is InChI=1S/C33H34F3N5O4/c1-3-21-25(35)6-5-18-9-20(42)10-22(26(18)21)28-27(36)29-23(12-37-28)30(40-13-17(2)24(15-40)31(43)44)39-32(38-29)45-16-33-7-4-8-41(33)14-19(34)11-33/h5-6,9-10,12,17,19,24,42H,3-4,7-8,11,13-16H2,1-2H3,(H,43,44)/t17-,19+,24-,33-/m0/s1. The third-order valence-corrected chi connectivity index (χ3v) is 9.87. The molecule has 3 aliphatic rings. The second-order valence-electron chi connectivity index (χ2n) is 12.7. The molecule has 0 saturated carbocycles. The van der Waals surface area contributed by atoms with Gasteiger partial charge >= 0.3 is 12.0 Å². The van der Waals surface area contributed by atoms with Gasteiger partial charge in [0.25, 0.3) is 0 Å². The van der Waals surface area contributed by atoms with Gasteiger partial charge in [0.15, 0.2) is 5.82 Å². The van der Waals surface area contributed by atoms with Crippen LogP contribution in [-0.2, 0) is 11.2 Å². The molecule has 2 aromatic carbocycles. The molecule has 45 heavy (non-hydrogen) atoms. The first kappa shape index (κ1) is 29.5. The summed E-state index contributed by atoms with van der Waals surface area (Å²) in [7, 11) is 0. The van der Waals surface area contributed by atoms with Gasteiger partial charge in [-0.05, 0) is 66.3 Å². The fourth-order valence-electron chi connectivity index (χ4n) is 7.66. The van der Waals surface area contributed by atoms with Gasteiger partial charge in [0.05, 0.1) is 16.8 Å². The van der Waals surface area contributed by atoms with Crippen LogP contribution >= 0.6 is 0 Å². The molecule has 7 rings (SSSR count). The first-order chi connectivity index (χ1) is 21.6. The molecule has 0 spiro atoms. The number of nitrogens with zero attached hydrogens (tertiary/aromatic N) is 5. The number of carboxylic acids is 1. The third-order valence-electron chi connectivity index (χ3n) is 9.87. The zero-order valence-corrected chi connectivity index (χ0v) is 25.1. The maximum atomic E-state index is 16.7. The highest BCUT2D eigenvalue weighted by molar-refractivity contribution is 6.01. The molecule has 3 saturated heterocycles. The number of phenolic OH excluding ortho intramolecular Hbond substituents is 1. The molecule has 12 heteroatoms. The molecular formula is C33H34F3N5O4. The summed E-state index contributed by atoms with van der Waals surface area (Å²) in [6, 6.07) is 5.59. The monoisotopic (exact) mass is 621 g/mol. The SMILES string of the molecule is CCc1c(F)ccc2cc(O)cc(-c3ncc4c(N5C[C@H](C(=O)O)[C@@H](C)C5)nc(OC[C@@]56CCCN5C[C@H](F)C6)nc4c3F)c12. The molecule has 0 amide bonds. The lowest BCUT2D eigenvalue weighted by molar-refractivity contribution is -0.142. The molecular weight excluding hydrogens is 587 g/mol. The van der Waals surface area contributed by atoms with E-state index in [1.807, 2.05) is 6.92 Å². The quantitative estimate of drug-likeness (QED) is 0.276. The van der Waals surface area contributed by atoms with Gasteiger partial charge in [0.2, 0.25) is 0 Å². The number of benzene rings is 2. The lowest BCUT2D eigenvalue weighted by atomic mass is 9.94. The Hall–Kier alpha value is -4.19. The topological polar surface area (TPSA) is 112 Å². The number of phenols is 1. The van der Waals surface area contributed by atoms with E-state index in [-0.39, 0.29) is 53.0 Å². The molecule has 5 heterocycles. The molecule has 2 N–H and O–H groups in total. The molecule has 3 aliphatic heterocycles. The average Bonchev–Trinajstić information content (AvgIpc) is 3.67. The largest absolute Gasteiger partial charge is 0.508 e. The molecule has 0 aliphatic carbocycles. The Morgan fingerprint density at radius 1 is 1.18 bits per heavy atom. The van der Waals surface area contributed by atoms with E-state index in [1.54, 1.807) is 11.8 Å². The van der Waals surface area contributed by atoms with Crippen molar-refractivity contribution in [3.05, 3.63) is 47.7 Å². The summed E-state index contributed by atoms with van der Waals surface area (Å²) in [5.41, 5.74) is -0.144. The summed E-state index contributed by atoms with van der Waals surface area (Å²) >= 11 is 0. The molecule has 3 fully saturated rings. The Labute approximate surface area is 257 Å². The fraction of sp³-hybridized carbons (Fsp3) is 0.455. The number of aromatic hydroxyl groups is 1. The Bertz CT molecular complexity index is 1840. The number of aryl methyl sites for hydroxylation is 1. The number of alkyl halides is 1. The van der Waals surface area contributed by atoms with Gasteiger partial charge in [-0.15, -0.1) is 0 Å². The van der Waals surface area contributed by atoms with Crippen LogP contribution in [0.3, 0.4) is 0 Å². The van der Waals surface area contributed by atoms with E-state index < -0.39 is 35.2 Å². The molecule has 0 unspecified atom stereocenters. The second kappa shape index (κ2) is 11.0. The number of fused-ring (bicyclic) bond motifs is 3. The number of halogens is 3. The van der Waals surface area contributed by atoms with Crippen LogP contribution in [0.1, 0.15) is 38.7 Å². The predicted molar refractivity (Wildman–Crippen MR) is 162 cm³/mol. The molecule has 0 radical (unpaired) electrons. The minimum Gasteiger partial charge on any atom is -0.508 e. The number of aromatic nitrogens is 3. The molecule has 4 aromatic rings. The third kappa shape index (κ3) is 4.90.